The molecule has 0 aromatic heterocycles. The molecule has 2 unspecified atom stereocenters. The van der Waals surface area contributed by atoms with Crippen molar-refractivity contribution in [1.82, 2.24) is 0 Å². The maximum atomic E-state index is 11.0. The molecule has 0 saturated heterocycles. The lowest BCUT2D eigenvalue weighted by molar-refractivity contribution is -0.137. The third-order valence-electron chi connectivity index (χ3n) is 2.38. The van der Waals surface area contributed by atoms with Crippen molar-refractivity contribution in [2.24, 2.45) is 5.92 Å². The molecule has 2 atom stereocenters. The first-order valence-corrected chi connectivity index (χ1v) is 6.07. The van der Waals surface area contributed by atoms with Crippen LogP contribution in [-0.4, -0.2) is 16.3 Å². The van der Waals surface area contributed by atoms with E-state index in [0.717, 1.165) is 6.42 Å². The molecule has 0 fully saturated rings. The minimum Gasteiger partial charge on any atom is -0.480 e. The zero-order chi connectivity index (χ0) is 9.84. The molecule has 74 valence electrons. The fraction of sp³-hybridized carbons (Fsp3) is 0.500. The van der Waals surface area contributed by atoms with Crippen LogP contribution in [0.2, 0.25) is 0 Å². The van der Waals surface area contributed by atoms with E-state index < -0.39 is 16.9 Å². The Hall–Kier alpha value is -0.700. The number of allylic oxidation sites excluding steroid dienone is 2. The molecule has 1 aliphatic rings. The van der Waals surface area contributed by atoms with Crippen LogP contribution in [0, 0.1) is 5.92 Å². The average molecular weight is 200 g/mol. The third-order valence-corrected chi connectivity index (χ3v) is 4.79. The summed E-state index contributed by atoms with van der Waals surface area (Å²) in [6.45, 7) is 4.06. The van der Waals surface area contributed by atoms with Gasteiger partial charge in [0.05, 0.1) is 5.25 Å². The van der Waals surface area contributed by atoms with Gasteiger partial charge in [-0.05, 0) is 16.7 Å². The summed E-state index contributed by atoms with van der Waals surface area (Å²) in [5, 5.41) is 12.9. The topological polar surface area (TPSA) is 37.3 Å². The molecule has 0 aliphatic carbocycles. The normalized spacial score (nSPS) is 21.8. The third kappa shape index (κ3) is 2.37. The summed E-state index contributed by atoms with van der Waals surface area (Å²) in [5.41, 5.74) is 0. The maximum Gasteiger partial charge on any atom is 0.315 e. The number of thiol groups is 1. The summed E-state index contributed by atoms with van der Waals surface area (Å²) >= 11 is 0. The molecule has 0 saturated carbocycles. The highest BCUT2D eigenvalue weighted by Gasteiger charge is 2.27. The number of hydrogen-bond donors (Lipinski definition) is 2. The van der Waals surface area contributed by atoms with Crippen molar-refractivity contribution in [1.29, 1.82) is 0 Å². The van der Waals surface area contributed by atoms with Crippen molar-refractivity contribution in [3.8, 4) is 0 Å². The van der Waals surface area contributed by atoms with Gasteiger partial charge < -0.3 is 5.11 Å². The fourth-order valence-electron chi connectivity index (χ4n) is 1.42. The van der Waals surface area contributed by atoms with Gasteiger partial charge in [0.2, 0.25) is 0 Å². The Balaban J connectivity index is 2.73. The van der Waals surface area contributed by atoms with Gasteiger partial charge in [0, 0.05) is 0 Å². The number of carbonyl (C=O) groups is 1. The Morgan fingerprint density at radius 1 is 1.46 bits per heavy atom. The van der Waals surface area contributed by atoms with Crippen LogP contribution >= 0.6 is 10.9 Å². The van der Waals surface area contributed by atoms with E-state index in [1.165, 1.54) is 0 Å². The Morgan fingerprint density at radius 2 is 2.00 bits per heavy atom. The van der Waals surface area contributed by atoms with E-state index in [-0.39, 0.29) is 11.2 Å². The van der Waals surface area contributed by atoms with E-state index in [0.29, 0.717) is 0 Å². The van der Waals surface area contributed by atoms with Crippen LogP contribution in [0.25, 0.3) is 0 Å². The van der Waals surface area contributed by atoms with E-state index >= 15 is 0 Å². The number of hydrogen-bond acceptors (Lipinski definition) is 1. The van der Waals surface area contributed by atoms with Crippen molar-refractivity contribution in [3.05, 3.63) is 23.0 Å². The molecular weight excluding hydrogens is 184 g/mol. The predicted octanol–water partition coefficient (Wildman–Crippen LogP) is 2.53. The molecule has 1 rings (SSSR count). The monoisotopic (exact) mass is 200 g/mol. The van der Waals surface area contributed by atoms with Gasteiger partial charge in [-0.15, -0.1) is 0 Å². The SMILES string of the molecule is CCC(C)C(C(=O)O)[SH]1C=CC=C1. The van der Waals surface area contributed by atoms with E-state index in [4.69, 9.17) is 5.11 Å². The predicted molar refractivity (Wildman–Crippen MR) is 58.1 cm³/mol. The number of rotatable bonds is 4. The van der Waals surface area contributed by atoms with Gasteiger partial charge in [0.15, 0.2) is 0 Å². The zero-order valence-electron chi connectivity index (χ0n) is 7.97. The highest BCUT2D eigenvalue weighted by atomic mass is 32.2. The van der Waals surface area contributed by atoms with Crippen LogP contribution in [-0.2, 0) is 4.79 Å². The van der Waals surface area contributed by atoms with Crippen LogP contribution in [0.1, 0.15) is 20.3 Å². The summed E-state index contributed by atoms with van der Waals surface area (Å²) in [6, 6.07) is 0. The minimum atomic E-state index is -0.656. The molecule has 1 N–H and O–H groups in total. The molecule has 2 nitrogen and oxygen atoms in total. The van der Waals surface area contributed by atoms with Crippen molar-refractivity contribution in [3.63, 3.8) is 0 Å². The molecule has 0 radical (unpaired) electrons. The van der Waals surface area contributed by atoms with Crippen molar-refractivity contribution >= 4 is 16.9 Å². The highest BCUT2D eigenvalue weighted by Crippen LogP contribution is 2.42. The Labute approximate surface area is 81.7 Å². The van der Waals surface area contributed by atoms with Gasteiger partial charge in [0.1, 0.15) is 0 Å². The van der Waals surface area contributed by atoms with Gasteiger partial charge in [-0.2, -0.15) is 10.9 Å². The van der Waals surface area contributed by atoms with Gasteiger partial charge in [-0.3, -0.25) is 4.79 Å². The molecule has 0 aromatic carbocycles. The van der Waals surface area contributed by atoms with E-state index in [2.05, 4.69) is 0 Å². The van der Waals surface area contributed by atoms with Crippen LogP contribution < -0.4 is 0 Å². The van der Waals surface area contributed by atoms with Gasteiger partial charge in [0.25, 0.3) is 0 Å². The quantitative estimate of drug-likeness (QED) is 0.684. The summed E-state index contributed by atoms with van der Waals surface area (Å²) in [7, 11) is -0.554. The van der Waals surface area contributed by atoms with Gasteiger partial charge >= 0.3 is 5.97 Å². The molecule has 3 heteroatoms. The standard InChI is InChI=1S/C10H16O2S/c1-3-8(2)9(10(11)12)13-6-4-5-7-13/h4-9,13H,3H2,1-2H3,(H,11,12). The Kier molecular flexibility index (Phi) is 3.60. The van der Waals surface area contributed by atoms with Crippen LogP contribution in [0.3, 0.4) is 0 Å². The molecule has 1 heterocycles. The smallest absolute Gasteiger partial charge is 0.315 e. The van der Waals surface area contributed by atoms with E-state index in [1.54, 1.807) is 0 Å². The first-order valence-electron chi connectivity index (χ1n) is 4.52. The summed E-state index contributed by atoms with van der Waals surface area (Å²) in [4.78, 5) is 11.0. The van der Waals surface area contributed by atoms with Gasteiger partial charge in [-0.25, -0.2) is 0 Å². The first kappa shape index (κ1) is 10.4. The Bertz CT molecular complexity index is 233. The second-order valence-electron chi connectivity index (χ2n) is 3.30. The zero-order valence-corrected chi connectivity index (χ0v) is 8.87. The van der Waals surface area contributed by atoms with E-state index in [9.17, 15) is 4.79 Å². The molecule has 0 spiro atoms. The second-order valence-corrected chi connectivity index (χ2v) is 5.35. The molecule has 0 bridgehead atoms. The van der Waals surface area contributed by atoms with Crippen LogP contribution in [0.4, 0.5) is 0 Å². The molecule has 1 aliphatic heterocycles. The average Bonchev–Trinajstić information content (AvgIpc) is 2.56. The number of carboxylic acid groups (broad SMARTS) is 1. The lowest BCUT2D eigenvalue weighted by Crippen LogP contribution is -2.26. The largest absolute Gasteiger partial charge is 0.480 e. The second kappa shape index (κ2) is 4.51. The summed E-state index contributed by atoms with van der Waals surface area (Å²) in [5.74, 6) is -0.396. The molecule has 13 heavy (non-hydrogen) atoms. The molecular formula is C10H16O2S. The van der Waals surface area contributed by atoms with Crippen LogP contribution in [0.15, 0.2) is 23.0 Å². The maximum absolute atomic E-state index is 11.0. The highest BCUT2D eigenvalue weighted by molar-refractivity contribution is 8.23. The van der Waals surface area contributed by atoms with Crippen molar-refractivity contribution in [2.45, 2.75) is 25.5 Å². The van der Waals surface area contributed by atoms with E-state index in [1.807, 2.05) is 36.8 Å². The lowest BCUT2D eigenvalue weighted by atomic mass is 10.1. The fourth-order valence-corrected chi connectivity index (χ4v) is 3.54. The van der Waals surface area contributed by atoms with Crippen LogP contribution in [0.5, 0.6) is 0 Å². The van der Waals surface area contributed by atoms with Crippen molar-refractivity contribution < 1.29 is 9.90 Å². The number of carboxylic acids is 1. The summed E-state index contributed by atoms with van der Waals surface area (Å²) < 4.78 is 0. The minimum absolute atomic E-state index is 0.199. The van der Waals surface area contributed by atoms with Gasteiger partial charge in [-0.1, -0.05) is 32.4 Å². The molecule has 0 aromatic rings. The number of aliphatic carboxylic acids is 1. The van der Waals surface area contributed by atoms with Crippen molar-refractivity contribution in [2.75, 3.05) is 0 Å². The lowest BCUT2D eigenvalue weighted by Gasteiger charge is -2.25. The Morgan fingerprint density at radius 3 is 2.38 bits per heavy atom. The first-order chi connectivity index (χ1) is 6.16. The summed E-state index contributed by atoms with van der Waals surface area (Å²) in [6.07, 6.45) is 4.82. The molecule has 0 amide bonds.